The van der Waals surface area contributed by atoms with Crippen molar-refractivity contribution in [1.29, 1.82) is 0 Å². The van der Waals surface area contributed by atoms with Gasteiger partial charge in [0, 0.05) is 25.2 Å². The number of amides is 1. The summed E-state index contributed by atoms with van der Waals surface area (Å²) in [5.74, 6) is -0.129. The summed E-state index contributed by atoms with van der Waals surface area (Å²) in [6.45, 7) is 5.16. The Morgan fingerprint density at radius 1 is 1.26 bits per heavy atom. The van der Waals surface area contributed by atoms with Gasteiger partial charge in [-0.2, -0.15) is 0 Å². The van der Waals surface area contributed by atoms with Gasteiger partial charge in [-0.15, -0.1) is 0 Å². The Bertz CT molecular complexity index is 737. The minimum Gasteiger partial charge on any atom is -0.452 e. The number of benzene rings is 1. The first kappa shape index (κ1) is 19.1. The number of nitrogens with one attached hydrogen (secondary N) is 1. The Morgan fingerprint density at radius 3 is 2.52 bits per heavy atom. The number of hydrogen-bond acceptors (Lipinski definition) is 6. The molecule has 1 aliphatic carbocycles. The van der Waals surface area contributed by atoms with E-state index in [9.17, 15) is 19.7 Å². The van der Waals surface area contributed by atoms with Gasteiger partial charge in [-0.1, -0.05) is 13.8 Å². The molecule has 2 aliphatic rings. The van der Waals surface area contributed by atoms with Crippen LogP contribution in [-0.2, 0) is 9.53 Å². The van der Waals surface area contributed by atoms with Crippen LogP contribution in [0.1, 0.15) is 43.5 Å². The molecule has 8 heteroatoms. The van der Waals surface area contributed by atoms with Gasteiger partial charge >= 0.3 is 5.97 Å². The molecule has 3 rings (SSSR count). The lowest BCUT2D eigenvalue weighted by Crippen LogP contribution is -2.44. The van der Waals surface area contributed by atoms with Crippen LogP contribution < -0.4 is 5.32 Å². The minimum absolute atomic E-state index is 0.0660. The monoisotopic (exact) mass is 375 g/mol. The molecular weight excluding hydrogens is 350 g/mol. The highest BCUT2D eigenvalue weighted by molar-refractivity contribution is 5.93. The van der Waals surface area contributed by atoms with Gasteiger partial charge in [-0.05, 0) is 43.2 Å². The molecule has 1 amide bonds. The quantitative estimate of drug-likeness (QED) is 0.466. The van der Waals surface area contributed by atoms with Crippen LogP contribution in [0.4, 0.5) is 11.4 Å². The summed E-state index contributed by atoms with van der Waals surface area (Å²) in [7, 11) is 0. The molecule has 1 heterocycles. The molecular formula is C19H25N3O5. The second-order valence-electron chi connectivity index (χ2n) is 7.73. The highest BCUT2D eigenvalue weighted by Gasteiger charge is 2.27. The first-order valence-electron chi connectivity index (χ1n) is 9.33. The van der Waals surface area contributed by atoms with Crippen LogP contribution in [0.5, 0.6) is 0 Å². The average molecular weight is 375 g/mol. The minimum atomic E-state index is -0.734. The van der Waals surface area contributed by atoms with E-state index in [0.717, 1.165) is 19.3 Å². The molecule has 2 fully saturated rings. The highest BCUT2D eigenvalue weighted by Crippen LogP contribution is 2.31. The summed E-state index contributed by atoms with van der Waals surface area (Å²) in [5, 5.41) is 14.4. The van der Waals surface area contributed by atoms with Gasteiger partial charge in [-0.3, -0.25) is 14.9 Å². The fourth-order valence-electron chi connectivity index (χ4n) is 3.55. The maximum absolute atomic E-state index is 12.3. The van der Waals surface area contributed by atoms with Crippen molar-refractivity contribution in [2.24, 2.45) is 11.8 Å². The van der Waals surface area contributed by atoms with Gasteiger partial charge in [0.1, 0.15) is 5.69 Å². The second kappa shape index (κ2) is 7.94. The van der Waals surface area contributed by atoms with Crippen LogP contribution in [-0.4, -0.2) is 47.4 Å². The van der Waals surface area contributed by atoms with Gasteiger partial charge in [0.05, 0.1) is 10.5 Å². The van der Waals surface area contributed by atoms with E-state index >= 15 is 0 Å². The number of likely N-dealkylation sites (tertiary alicyclic amines) is 1. The zero-order valence-corrected chi connectivity index (χ0v) is 15.6. The van der Waals surface area contributed by atoms with Gasteiger partial charge < -0.3 is 15.0 Å². The largest absolute Gasteiger partial charge is 0.452 e. The third kappa shape index (κ3) is 4.96. The number of nitro benzene ring substituents is 1. The van der Waals surface area contributed by atoms with E-state index in [1.165, 1.54) is 18.2 Å². The fourth-order valence-corrected chi connectivity index (χ4v) is 3.55. The molecule has 1 saturated heterocycles. The van der Waals surface area contributed by atoms with E-state index in [2.05, 4.69) is 19.2 Å². The number of piperidine rings is 1. The van der Waals surface area contributed by atoms with E-state index in [0.29, 0.717) is 30.6 Å². The molecule has 2 atom stereocenters. The van der Waals surface area contributed by atoms with E-state index < -0.39 is 10.9 Å². The zero-order chi connectivity index (χ0) is 19.6. The highest BCUT2D eigenvalue weighted by atomic mass is 16.6. The number of carbonyl (C=O) groups is 2. The van der Waals surface area contributed by atoms with Crippen LogP contribution in [0.2, 0.25) is 0 Å². The number of hydrogen-bond donors (Lipinski definition) is 1. The SMILES string of the molecule is CC1CC(C)CN(C(=O)COC(=O)c2ccc(NC3CC3)c([N+](=O)[O-])c2)C1. The first-order valence-corrected chi connectivity index (χ1v) is 9.33. The molecule has 27 heavy (non-hydrogen) atoms. The van der Waals surface area contributed by atoms with Crippen molar-refractivity contribution in [1.82, 2.24) is 4.90 Å². The average Bonchev–Trinajstić information content (AvgIpc) is 3.42. The van der Waals surface area contributed by atoms with Crippen molar-refractivity contribution in [2.75, 3.05) is 25.0 Å². The van der Waals surface area contributed by atoms with Gasteiger partial charge in [-0.25, -0.2) is 4.79 Å². The van der Waals surface area contributed by atoms with Crippen LogP contribution in [0, 0.1) is 22.0 Å². The van der Waals surface area contributed by atoms with Crippen molar-refractivity contribution in [2.45, 2.75) is 39.2 Å². The molecule has 2 unspecified atom stereocenters. The number of nitro groups is 1. The van der Waals surface area contributed by atoms with Gasteiger partial charge in [0.2, 0.25) is 0 Å². The smallest absolute Gasteiger partial charge is 0.338 e. The van der Waals surface area contributed by atoms with Crippen LogP contribution >= 0.6 is 0 Å². The normalized spacial score (nSPS) is 22.2. The number of carbonyl (C=O) groups excluding carboxylic acids is 2. The number of nitrogens with zero attached hydrogens (tertiary/aromatic N) is 2. The lowest BCUT2D eigenvalue weighted by molar-refractivity contribution is -0.384. The van der Waals surface area contributed by atoms with E-state index in [1.54, 1.807) is 4.90 Å². The Kier molecular flexibility index (Phi) is 5.62. The van der Waals surface area contributed by atoms with E-state index in [-0.39, 0.29) is 29.8 Å². The Morgan fingerprint density at radius 2 is 1.93 bits per heavy atom. The molecule has 146 valence electrons. The third-order valence-electron chi connectivity index (χ3n) is 4.92. The van der Waals surface area contributed by atoms with Crippen LogP contribution in [0.15, 0.2) is 18.2 Å². The van der Waals surface area contributed by atoms with E-state index in [4.69, 9.17) is 4.74 Å². The number of ether oxygens (including phenoxy) is 1. The number of rotatable bonds is 6. The molecule has 8 nitrogen and oxygen atoms in total. The van der Waals surface area contributed by atoms with Crippen molar-refractivity contribution in [3.8, 4) is 0 Å². The summed E-state index contributed by atoms with van der Waals surface area (Å²) in [5.41, 5.74) is 0.295. The van der Waals surface area contributed by atoms with Crippen molar-refractivity contribution in [3.63, 3.8) is 0 Å². The topological polar surface area (TPSA) is 102 Å². The summed E-state index contributed by atoms with van der Waals surface area (Å²) >= 11 is 0. The molecule has 0 bridgehead atoms. The van der Waals surface area contributed by atoms with Crippen LogP contribution in [0.3, 0.4) is 0 Å². The predicted octanol–water partition coefficient (Wildman–Crippen LogP) is 2.83. The first-order chi connectivity index (χ1) is 12.8. The Labute approximate surface area is 158 Å². The molecule has 1 aromatic carbocycles. The summed E-state index contributed by atoms with van der Waals surface area (Å²) < 4.78 is 5.11. The summed E-state index contributed by atoms with van der Waals surface area (Å²) in [6, 6.07) is 4.45. The van der Waals surface area contributed by atoms with Crippen molar-refractivity contribution >= 4 is 23.3 Å². The molecule has 0 radical (unpaired) electrons. The molecule has 1 aromatic rings. The standard InChI is InChI=1S/C19H25N3O5/c1-12-7-13(2)10-21(9-12)18(23)11-27-19(24)14-3-6-16(20-15-4-5-15)17(8-14)22(25)26/h3,6,8,12-13,15,20H,4-5,7,9-11H2,1-2H3. The Balaban J connectivity index is 1.61. The van der Waals surface area contributed by atoms with Crippen molar-refractivity contribution in [3.05, 3.63) is 33.9 Å². The van der Waals surface area contributed by atoms with E-state index in [1.807, 2.05) is 0 Å². The molecule has 1 saturated carbocycles. The molecule has 1 N–H and O–H groups in total. The molecule has 0 spiro atoms. The maximum atomic E-state index is 12.3. The summed E-state index contributed by atoms with van der Waals surface area (Å²) in [6.07, 6.45) is 3.04. The van der Waals surface area contributed by atoms with Crippen LogP contribution in [0.25, 0.3) is 0 Å². The lowest BCUT2D eigenvalue weighted by Gasteiger charge is -2.34. The number of esters is 1. The predicted molar refractivity (Wildman–Crippen MR) is 99.5 cm³/mol. The lowest BCUT2D eigenvalue weighted by atomic mass is 9.92. The van der Waals surface area contributed by atoms with Crippen molar-refractivity contribution < 1.29 is 19.2 Å². The molecule has 0 aromatic heterocycles. The molecule has 1 aliphatic heterocycles. The number of anilines is 1. The third-order valence-corrected chi connectivity index (χ3v) is 4.92. The van der Waals surface area contributed by atoms with Gasteiger partial charge in [0.15, 0.2) is 6.61 Å². The fraction of sp³-hybridized carbons (Fsp3) is 0.579. The van der Waals surface area contributed by atoms with Gasteiger partial charge in [0.25, 0.3) is 11.6 Å². The maximum Gasteiger partial charge on any atom is 0.338 e. The summed E-state index contributed by atoms with van der Waals surface area (Å²) in [4.78, 5) is 37.0. The zero-order valence-electron chi connectivity index (χ0n) is 15.6. The Hall–Kier alpha value is -2.64. The second-order valence-corrected chi connectivity index (χ2v) is 7.73.